The van der Waals surface area contributed by atoms with E-state index in [-0.39, 0.29) is 5.91 Å². The summed E-state index contributed by atoms with van der Waals surface area (Å²) >= 11 is 0. The summed E-state index contributed by atoms with van der Waals surface area (Å²) in [6.45, 7) is 4.78. The number of amides is 1. The number of hydrogen-bond donors (Lipinski definition) is 0. The Morgan fingerprint density at radius 1 is 1.05 bits per heavy atom. The maximum Gasteiger partial charge on any atom is 0.272 e. The van der Waals surface area contributed by atoms with E-state index in [0.717, 1.165) is 24.6 Å². The highest BCUT2D eigenvalue weighted by Gasteiger charge is 2.23. The van der Waals surface area contributed by atoms with E-state index in [4.69, 9.17) is 0 Å². The molecule has 0 saturated carbocycles. The summed E-state index contributed by atoms with van der Waals surface area (Å²) < 4.78 is 0. The molecule has 1 fully saturated rings. The summed E-state index contributed by atoms with van der Waals surface area (Å²) in [6.07, 6.45) is 1.64. The average Bonchev–Trinajstić information content (AvgIpc) is 2.56. The van der Waals surface area contributed by atoms with Crippen LogP contribution < -0.4 is 4.90 Å². The van der Waals surface area contributed by atoms with Gasteiger partial charge in [0, 0.05) is 32.4 Å². The Kier molecular flexibility index (Phi) is 3.77. The summed E-state index contributed by atoms with van der Waals surface area (Å²) in [5.41, 5.74) is 1.41. The molecule has 0 atom stereocenters. The molecule has 0 bridgehead atoms. The van der Waals surface area contributed by atoms with Gasteiger partial charge in [0.25, 0.3) is 5.91 Å². The lowest BCUT2D eigenvalue weighted by Gasteiger charge is -2.35. The van der Waals surface area contributed by atoms with E-state index in [1.54, 1.807) is 12.3 Å². The Balaban J connectivity index is 1.63. The van der Waals surface area contributed by atoms with Gasteiger partial charge < -0.3 is 9.80 Å². The zero-order chi connectivity index (χ0) is 14.7. The van der Waals surface area contributed by atoms with Crippen LogP contribution >= 0.6 is 0 Å². The van der Waals surface area contributed by atoms with Crippen molar-refractivity contribution in [3.05, 3.63) is 47.9 Å². The molecule has 6 nitrogen and oxygen atoms in total. The van der Waals surface area contributed by atoms with Crippen LogP contribution in [-0.2, 0) is 0 Å². The molecule has 0 aromatic carbocycles. The minimum Gasteiger partial charge on any atom is -0.352 e. The van der Waals surface area contributed by atoms with Crippen LogP contribution in [0.1, 0.15) is 16.2 Å². The number of aryl methyl sites for hydroxylation is 1. The molecule has 1 aliphatic heterocycles. The minimum absolute atomic E-state index is 0.00904. The zero-order valence-electron chi connectivity index (χ0n) is 11.9. The molecule has 3 heterocycles. The molecule has 6 heteroatoms. The molecule has 0 radical (unpaired) electrons. The first kappa shape index (κ1) is 13.5. The van der Waals surface area contributed by atoms with Gasteiger partial charge in [-0.25, -0.2) is 0 Å². The largest absolute Gasteiger partial charge is 0.352 e. The van der Waals surface area contributed by atoms with Gasteiger partial charge in [-0.2, -0.15) is 5.10 Å². The second kappa shape index (κ2) is 5.87. The van der Waals surface area contributed by atoms with Crippen LogP contribution in [0.3, 0.4) is 0 Å². The molecule has 0 aliphatic carbocycles. The maximum atomic E-state index is 12.3. The standard InChI is InChI=1S/C15H17N5O/c1-12-5-6-14(18-17-12)19-8-10-20(11-9-19)15(21)13-4-2-3-7-16-13/h2-7H,8-11H2,1H3. The molecule has 2 aromatic heterocycles. The monoisotopic (exact) mass is 283 g/mol. The fourth-order valence-corrected chi connectivity index (χ4v) is 2.35. The van der Waals surface area contributed by atoms with Crippen molar-refractivity contribution in [2.75, 3.05) is 31.1 Å². The third-order valence-corrected chi connectivity index (χ3v) is 3.56. The molecule has 0 spiro atoms. The highest BCUT2D eigenvalue weighted by atomic mass is 16.2. The van der Waals surface area contributed by atoms with Gasteiger partial charge in [-0.15, -0.1) is 5.10 Å². The van der Waals surface area contributed by atoms with Crippen molar-refractivity contribution in [1.82, 2.24) is 20.1 Å². The average molecular weight is 283 g/mol. The molecule has 1 aliphatic rings. The lowest BCUT2D eigenvalue weighted by atomic mass is 10.2. The van der Waals surface area contributed by atoms with Crippen molar-refractivity contribution in [3.8, 4) is 0 Å². The molecule has 3 rings (SSSR count). The number of hydrogen-bond acceptors (Lipinski definition) is 5. The highest BCUT2D eigenvalue weighted by molar-refractivity contribution is 5.92. The molecule has 1 amide bonds. The summed E-state index contributed by atoms with van der Waals surface area (Å²) in [6, 6.07) is 9.32. The molecule has 0 N–H and O–H groups in total. The molecule has 0 unspecified atom stereocenters. The number of aromatic nitrogens is 3. The van der Waals surface area contributed by atoms with E-state index >= 15 is 0 Å². The van der Waals surface area contributed by atoms with Crippen LogP contribution in [0.25, 0.3) is 0 Å². The molecular weight excluding hydrogens is 266 g/mol. The van der Waals surface area contributed by atoms with Crippen molar-refractivity contribution in [1.29, 1.82) is 0 Å². The van der Waals surface area contributed by atoms with Crippen LogP contribution in [-0.4, -0.2) is 52.2 Å². The number of carbonyl (C=O) groups is 1. The number of pyridine rings is 1. The van der Waals surface area contributed by atoms with Gasteiger partial charge in [0.15, 0.2) is 5.82 Å². The Bertz CT molecular complexity index is 606. The van der Waals surface area contributed by atoms with E-state index < -0.39 is 0 Å². The van der Waals surface area contributed by atoms with Crippen LogP contribution in [0, 0.1) is 6.92 Å². The van der Waals surface area contributed by atoms with Crippen LogP contribution in [0.2, 0.25) is 0 Å². The van der Waals surface area contributed by atoms with Gasteiger partial charge in [0.05, 0.1) is 5.69 Å². The van der Waals surface area contributed by atoms with Crippen LogP contribution in [0.15, 0.2) is 36.5 Å². The molecule has 108 valence electrons. The van der Waals surface area contributed by atoms with Gasteiger partial charge in [0.1, 0.15) is 5.69 Å². The maximum absolute atomic E-state index is 12.3. The van der Waals surface area contributed by atoms with Crippen molar-refractivity contribution in [3.63, 3.8) is 0 Å². The number of carbonyl (C=O) groups excluding carboxylic acids is 1. The van der Waals surface area contributed by atoms with Crippen molar-refractivity contribution >= 4 is 11.7 Å². The number of anilines is 1. The second-order valence-electron chi connectivity index (χ2n) is 5.03. The zero-order valence-corrected chi connectivity index (χ0v) is 11.9. The Hall–Kier alpha value is -2.50. The highest BCUT2D eigenvalue weighted by Crippen LogP contribution is 2.13. The van der Waals surface area contributed by atoms with E-state index in [1.807, 2.05) is 36.1 Å². The van der Waals surface area contributed by atoms with Crippen molar-refractivity contribution < 1.29 is 4.79 Å². The summed E-state index contributed by atoms with van der Waals surface area (Å²) in [5.74, 6) is 0.857. The SMILES string of the molecule is Cc1ccc(N2CCN(C(=O)c3ccccn3)CC2)nn1. The fourth-order valence-electron chi connectivity index (χ4n) is 2.35. The van der Waals surface area contributed by atoms with E-state index in [9.17, 15) is 4.79 Å². The predicted molar refractivity (Wildman–Crippen MR) is 79.1 cm³/mol. The third-order valence-electron chi connectivity index (χ3n) is 3.56. The Labute approximate surface area is 123 Å². The third kappa shape index (κ3) is 2.99. The Morgan fingerprint density at radius 2 is 1.86 bits per heavy atom. The first-order valence-electron chi connectivity index (χ1n) is 6.99. The first-order valence-corrected chi connectivity index (χ1v) is 6.99. The summed E-state index contributed by atoms with van der Waals surface area (Å²) in [4.78, 5) is 20.4. The number of piperazine rings is 1. The Morgan fingerprint density at radius 3 is 2.48 bits per heavy atom. The summed E-state index contributed by atoms with van der Waals surface area (Å²) in [5, 5.41) is 8.26. The lowest BCUT2D eigenvalue weighted by Crippen LogP contribution is -2.49. The van der Waals surface area contributed by atoms with E-state index in [0.29, 0.717) is 18.8 Å². The number of nitrogens with zero attached hydrogens (tertiary/aromatic N) is 5. The van der Waals surface area contributed by atoms with Crippen molar-refractivity contribution in [2.45, 2.75) is 6.92 Å². The number of rotatable bonds is 2. The van der Waals surface area contributed by atoms with Gasteiger partial charge >= 0.3 is 0 Å². The fraction of sp³-hybridized carbons (Fsp3) is 0.333. The van der Waals surface area contributed by atoms with E-state index in [1.165, 1.54) is 0 Å². The first-order chi connectivity index (χ1) is 10.2. The lowest BCUT2D eigenvalue weighted by molar-refractivity contribution is 0.0740. The summed E-state index contributed by atoms with van der Waals surface area (Å²) in [7, 11) is 0. The quantitative estimate of drug-likeness (QED) is 0.827. The van der Waals surface area contributed by atoms with Gasteiger partial charge in [-0.05, 0) is 31.2 Å². The van der Waals surface area contributed by atoms with Crippen molar-refractivity contribution in [2.24, 2.45) is 0 Å². The normalized spacial score (nSPS) is 15.1. The molecule has 21 heavy (non-hydrogen) atoms. The van der Waals surface area contributed by atoms with Gasteiger partial charge in [-0.3, -0.25) is 9.78 Å². The molecule has 2 aromatic rings. The van der Waals surface area contributed by atoms with Gasteiger partial charge in [0.2, 0.25) is 0 Å². The second-order valence-corrected chi connectivity index (χ2v) is 5.03. The molecule has 1 saturated heterocycles. The van der Waals surface area contributed by atoms with E-state index in [2.05, 4.69) is 20.1 Å². The molecular formula is C15H17N5O. The van der Waals surface area contributed by atoms with Gasteiger partial charge in [-0.1, -0.05) is 6.07 Å². The minimum atomic E-state index is -0.00904. The predicted octanol–water partition coefficient (Wildman–Crippen LogP) is 1.14. The smallest absolute Gasteiger partial charge is 0.272 e. The van der Waals surface area contributed by atoms with Crippen LogP contribution in [0.5, 0.6) is 0 Å². The van der Waals surface area contributed by atoms with Crippen LogP contribution in [0.4, 0.5) is 5.82 Å². The topological polar surface area (TPSA) is 62.2 Å².